The normalized spacial score (nSPS) is 10.5. The Morgan fingerprint density at radius 1 is 1.00 bits per heavy atom. The molecule has 0 aromatic rings. The molecule has 0 unspecified atom stereocenters. The Balaban J connectivity index is 2.92. The van der Waals surface area contributed by atoms with Crippen molar-refractivity contribution in [1.29, 1.82) is 0 Å². The number of rotatable bonds is 4. The quantitative estimate of drug-likeness (QED) is 0.525. The lowest BCUT2D eigenvalue weighted by Crippen LogP contribution is -1.88. The van der Waals surface area contributed by atoms with Crippen LogP contribution in [0.3, 0.4) is 0 Å². The van der Waals surface area contributed by atoms with Gasteiger partial charge in [0.05, 0.1) is 0 Å². The molecule has 0 amide bonds. The molecule has 8 heavy (non-hydrogen) atoms. The van der Waals surface area contributed by atoms with Gasteiger partial charge >= 0.3 is 0 Å². The molecule has 49 valence electrons. The molecule has 0 aliphatic heterocycles. The van der Waals surface area contributed by atoms with Crippen molar-refractivity contribution in [2.24, 2.45) is 0 Å². The standard InChI is InChI=1S/C8H17/c1-4-6-8(3)7-5-2/h4-7H2,1-3H3. The molecular weight excluding hydrogens is 96.1 g/mol. The number of hydrogen-bond acceptors (Lipinski definition) is 0. The van der Waals surface area contributed by atoms with Crippen LogP contribution in [0.5, 0.6) is 0 Å². The fourth-order valence-corrected chi connectivity index (χ4v) is 0.979. The van der Waals surface area contributed by atoms with Gasteiger partial charge in [-0.25, -0.2) is 0 Å². The van der Waals surface area contributed by atoms with Gasteiger partial charge in [-0.2, -0.15) is 0 Å². The van der Waals surface area contributed by atoms with Gasteiger partial charge in [0.25, 0.3) is 0 Å². The molecule has 0 bridgehead atoms. The summed E-state index contributed by atoms with van der Waals surface area (Å²) in [6.45, 7) is 6.73. The predicted octanol–water partition coefficient (Wildman–Crippen LogP) is 3.18. The topological polar surface area (TPSA) is 0 Å². The van der Waals surface area contributed by atoms with Gasteiger partial charge in [-0.1, -0.05) is 33.6 Å². The van der Waals surface area contributed by atoms with Crippen LogP contribution in [-0.4, -0.2) is 0 Å². The molecule has 1 radical (unpaired) electrons. The van der Waals surface area contributed by atoms with Crippen molar-refractivity contribution in [1.82, 2.24) is 0 Å². The van der Waals surface area contributed by atoms with Gasteiger partial charge in [0, 0.05) is 0 Å². The predicted molar refractivity (Wildman–Crippen MR) is 38.7 cm³/mol. The van der Waals surface area contributed by atoms with Crippen molar-refractivity contribution in [3.05, 3.63) is 5.92 Å². The maximum atomic E-state index is 2.26. The molecule has 0 N–H and O–H groups in total. The Morgan fingerprint density at radius 2 is 1.38 bits per heavy atom. The fourth-order valence-electron chi connectivity index (χ4n) is 0.979. The van der Waals surface area contributed by atoms with Crippen molar-refractivity contribution < 1.29 is 0 Å². The van der Waals surface area contributed by atoms with E-state index >= 15 is 0 Å². The van der Waals surface area contributed by atoms with Gasteiger partial charge in [-0.3, -0.25) is 0 Å². The van der Waals surface area contributed by atoms with Gasteiger partial charge in [0.1, 0.15) is 0 Å². The van der Waals surface area contributed by atoms with E-state index in [0.29, 0.717) is 0 Å². The van der Waals surface area contributed by atoms with Crippen molar-refractivity contribution in [3.63, 3.8) is 0 Å². The third kappa shape index (κ3) is 4.17. The first kappa shape index (κ1) is 8.00. The molecular formula is C8H17. The van der Waals surface area contributed by atoms with E-state index in [1.165, 1.54) is 25.7 Å². The maximum Gasteiger partial charge on any atom is -0.0272 e. The van der Waals surface area contributed by atoms with Crippen LogP contribution >= 0.6 is 0 Å². The van der Waals surface area contributed by atoms with Crippen LogP contribution in [0.15, 0.2) is 0 Å². The second-order valence-corrected chi connectivity index (χ2v) is 2.46. The minimum absolute atomic E-state index is 1.31. The Morgan fingerprint density at radius 3 is 1.62 bits per heavy atom. The molecule has 0 heterocycles. The summed E-state index contributed by atoms with van der Waals surface area (Å²) in [6.07, 6.45) is 5.28. The van der Waals surface area contributed by atoms with Gasteiger partial charge in [0.2, 0.25) is 0 Å². The molecule has 0 nitrogen and oxygen atoms in total. The van der Waals surface area contributed by atoms with Crippen LogP contribution in [0.4, 0.5) is 0 Å². The van der Waals surface area contributed by atoms with Crippen LogP contribution in [0.25, 0.3) is 0 Å². The molecule has 0 rings (SSSR count). The summed E-state index contributed by atoms with van der Waals surface area (Å²) < 4.78 is 0. The van der Waals surface area contributed by atoms with Crippen molar-refractivity contribution in [2.75, 3.05) is 0 Å². The Labute approximate surface area is 53.3 Å². The van der Waals surface area contributed by atoms with E-state index in [4.69, 9.17) is 0 Å². The fraction of sp³-hybridized carbons (Fsp3) is 0.875. The lowest BCUT2D eigenvalue weighted by atomic mass is 10.0. The highest BCUT2D eigenvalue weighted by atomic mass is 14.0. The first-order valence-corrected chi connectivity index (χ1v) is 3.62. The summed E-state index contributed by atoms with van der Waals surface area (Å²) in [6, 6.07) is 0. The van der Waals surface area contributed by atoms with Gasteiger partial charge in [-0.15, -0.1) is 0 Å². The molecule has 0 aliphatic carbocycles. The van der Waals surface area contributed by atoms with Crippen molar-refractivity contribution in [3.8, 4) is 0 Å². The summed E-state index contributed by atoms with van der Waals surface area (Å²) in [5, 5.41) is 0. The minimum Gasteiger partial charge on any atom is -0.0654 e. The highest BCUT2D eigenvalue weighted by molar-refractivity contribution is 4.81. The SMILES string of the molecule is CCC[C](C)CCC. The highest BCUT2D eigenvalue weighted by Gasteiger charge is 1.96. The molecule has 0 spiro atoms. The summed E-state index contributed by atoms with van der Waals surface area (Å²) in [7, 11) is 0. The zero-order chi connectivity index (χ0) is 6.41. The van der Waals surface area contributed by atoms with E-state index in [2.05, 4.69) is 20.8 Å². The molecule has 0 aromatic carbocycles. The molecule has 0 saturated carbocycles. The third-order valence-electron chi connectivity index (χ3n) is 1.35. The van der Waals surface area contributed by atoms with E-state index in [1.807, 2.05) is 0 Å². The van der Waals surface area contributed by atoms with E-state index in [1.54, 1.807) is 5.92 Å². The molecule has 0 fully saturated rings. The first-order valence-electron chi connectivity index (χ1n) is 3.62. The molecule has 0 saturated heterocycles. The summed E-state index contributed by atoms with van der Waals surface area (Å²) >= 11 is 0. The van der Waals surface area contributed by atoms with Gasteiger partial charge in [0.15, 0.2) is 0 Å². The largest absolute Gasteiger partial charge is 0.0654 e. The zero-order valence-corrected chi connectivity index (χ0v) is 6.33. The highest BCUT2D eigenvalue weighted by Crippen LogP contribution is 2.13. The third-order valence-corrected chi connectivity index (χ3v) is 1.35. The second kappa shape index (κ2) is 5.14. The second-order valence-electron chi connectivity index (χ2n) is 2.46. The van der Waals surface area contributed by atoms with Gasteiger partial charge < -0.3 is 0 Å². The van der Waals surface area contributed by atoms with Crippen LogP contribution < -0.4 is 0 Å². The number of hydrogen-bond donors (Lipinski definition) is 0. The molecule has 0 aromatic heterocycles. The zero-order valence-electron chi connectivity index (χ0n) is 6.33. The molecule has 0 heteroatoms. The summed E-state index contributed by atoms with van der Waals surface area (Å²) in [5.41, 5.74) is 0. The van der Waals surface area contributed by atoms with E-state index in [-0.39, 0.29) is 0 Å². The average Bonchev–Trinajstić information content (AvgIpc) is 1.68. The van der Waals surface area contributed by atoms with Crippen LogP contribution in [0.1, 0.15) is 46.5 Å². The van der Waals surface area contributed by atoms with Crippen LogP contribution in [-0.2, 0) is 0 Å². The molecule has 0 aliphatic rings. The van der Waals surface area contributed by atoms with E-state index < -0.39 is 0 Å². The minimum atomic E-state index is 1.31. The van der Waals surface area contributed by atoms with E-state index in [0.717, 1.165) is 0 Å². The Kier molecular flexibility index (Phi) is 5.14. The smallest absolute Gasteiger partial charge is 0.0272 e. The first-order chi connectivity index (χ1) is 3.81. The van der Waals surface area contributed by atoms with Crippen LogP contribution in [0.2, 0.25) is 0 Å². The Bertz CT molecular complexity index is 33.3. The average molecular weight is 113 g/mol. The summed E-state index contributed by atoms with van der Waals surface area (Å²) in [5.74, 6) is 1.66. The van der Waals surface area contributed by atoms with Crippen LogP contribution in [0, 0.1) is 5.92 Å². The van der Waals surface area contributed by atoms with Crippen molar-refractivity contribution in [2.45, 2.75) is 46.5 Å². The summed E-state index contributed by atoms with van der Waals surface area (Å²) in [4.78, 5) is 0. The Hall–Kier alpha value is 0. The monoisotopic (exact) mass is 113 g/mol. The van der Waals surface area contributed by atoms with E-state index in [9.17, 15) is 0 Å². The maximum absolute atomic E-state index is 2.26. The lowest BCUT2D eigenvalue weighted by Gasteiger charge is -2.04. The van der Waals surface area contributed by atoms with Crippen molar-refractivity contribution >= 4 is 0 Å². The lowest BCUT2D eigenvalue weighted by molar-refractivity contribution is 0.700. The molecule has 0 atom stereocenters. The van der Waals surface area contributed by atoms with Gasteiger partial charge in [-0.05, 0) is 18.8 Å².